The van der Waals surface area contributed by atoms with E-state index in [0.717, 1.165) is 48.4 Å². The monoisotopic (exact) mass is 614 g/mol. The van der Waals surface area contributed by atoms with Gasteiger partial charge in [0, 0.05) is 30.6 Å². The molecule has 45 heavy (non-hydrogen) atoms. The average molecular weight is 615 g/mol. The zero-order valence-corrected chi connectivity index (χ0v) is 25.0. The third kappa shape index (κ3) is 5.69. The average Bonchev–Trinajstić information content (AvgIpc) is 3.38. The van der Waals surface area contributed by atoms with E-state index in [1.165, 1.54) is 29.9 Å². The van der Waals surface area contributed by atoms with Crippen LogP contribution in [0.25, 0.3) is 0 Å². The van der Waals surface area contributed by atoms with Gasteiger partial charge < -0.3 is 20.9 Å². The minimum absolute atomic E-state index is 0.103. The summed E-state index contributed by atoms with van der Waals surface area (Å²) < 4.78 is 28.5. The smallest absolute Gasteiger partial charge is 0.245 e. The van der Waals surface area contributed by atoms with E-state index in [2.05, 4.69) is 25.9 Å². The van der Waals surface area contributed by atoms with E-state index in [4.69, 9.17) is 0 Å². The van der Waals surface area contributed by atoms with Gasteiger partial charge in [0.2, 0.25) is 17.7 Å². The van der Waals surface area contributed by atoms with E-state index < -0.39 is 35.0 Å². The molecule has 2 aromatic heterocycles. The highest BCUT2D eigenvalue weighted by molar-refractivity contribution is 6.06. The SMILES string of the molecule is O=C(CN1C(=O)C(CC2CCCCCC2)NCC1c1cc(F)cc(F)c1)Nc1cc2c(cn1)CC1(C2)C(=O)Nc2ncccc21. The molecule has 4 aliphatic rings. The van der Waals surface area contributed by atoms with Gasteiger partial charge in [0.25, 0.3) is 0 Å². The van der Waals surface area contributed by atoms with Crippen molar-refractivity contribution in [3.8, 4) is 0 Å². The molecule has 4 heterocycles. The first kappa shape index (κ1) is 29.5. The van der Waals surface area contributed by atoms with Crippen LogP contribution in [-0.4, -0.2) is 51.7 Å². The van der Waals surface area contributed by atoms with E-state index in [9.17, 15) is 23.2 Å². The molecule has 3 N–H and O–H groups in total. The van der Waals surface area contributed by atoms with Gasteiger partial charge in [-0.3, -0.25) is 14.4 Å². The molecule has 3 aromatic rings. The molecule has 9 nitrogen and oxygen atoms in total. The van der Waals surface area contributed by atoms with Crippen molar-refractivity contribution in [1.82, 2.24) is 20.2 Å². The molecule has 2 aliphatic heterocycles. The van der Waals surface area contributed by atoms with Crippen LogP contribution in [0.5, 0.6) is 0 Å². The van der Waals surface area contributed by atoms with Gasteiger partial charge in [0.1, 0.15) is 29.8 Å². The number of nitrogens with one attached hydrogen (secondary N) is 3. The molecule has 234 valence electrons. The molecule has 0 radical (unpaired) electrons. The van der Waals surface area contributed by atoms with Crippen molar-refractivity contribution in [2.45, 2.75) is 75.3 Å². The second-order valence-electron chi connectivity index (χ2n) is 12.9. The molecular weight excluding hydrogens is 578 g/mol. The zero-order valence-electron chi connectivity index (χ0n) is 25.0. The maximum Gasteiger partial charge on any atom is 0.245 e. The van der Waals surface area contributed by atoms with Gasteiger partial charge in [-0.1, -0.05) is 44.6 Å². The van der Waals surface area contributed by atoms with E-state index >= 15 is 0 Å². The molecule has 11 heteroatoms. The van der Waals surface area contributed by atoms with Gasteiger partial charge in [0.15, 0.2) is 0 Å². The summed E-state index contributed by atoms with van der Waals surface area (Å²) in [6, 6.07) is 7.53. The van der Waals surface area contributed by atoms with Crippen LogP contribution >= 0.6 is 0 Å². The Morgan fingerprint density at radius 2 is 1.76 bits per heavy atom. The van der Waals surface area contributed by atoms with Crippen molar-refractivity contribution in [2.75, 3.05) is 23.7 Å². The first-order valence-corrected chi connectivity index (χ1v) is 15.8. The predicted octanol–water partition coefficient (Wildman–Crippen LogP) is 4.58. The summed E-state index contributed by atoms with van der Waals surface area (Å²) in [5.74, 6) is -1.000. The number of hydrogen-bond donors (Lipinski definition) is 3. The number of carbonyl (C=O) groups excluding carboxylic acids is 3. The maximum atomic E-state index is 14.2. The number of pyridine rings is 2. The third-order valence-corrected chi connectivity index (χ3v) is 9.97. The number of anilines is 2. The topological polar surface area (TPSA) is 116 Å². The summed E-state index contributed by atoms with van der Waals surface area (Å²) in [7, 11) is 0. The molecule has 2 fully saturated rings. The second kappa shape index (κ2) is 11.9. The molecule has 1 spiro atoms. The minimum atomic E-state index is -0.761. The standard InChI is InChI=1S/C34H36F2N6O3/c35-24-11-21(12-25(36)14-24)28-18-38-27(10-20-6-3-1-2-4-7-20)32(44)42(28)19-30(43)40-29-13-22-15-34(16-23(22)17-39-29)26-8-5-9-37-31(26)41-33(34)45/h5,8-9,11-14,17,20,27-28,38H,1-4,6-7,10,15-16,18-19H2,(H,37,41,45)(H,39,40,43). The number of nitrogens with zero attached hydrogens (tertiary/aromatic N) is 3. The largest absolute Gasteiger partial charge is 0.324 e. The highest BCUT2D eigenvalue weighted by atomic mass is 19.1. The van der Waals surface area contributed by atoms with Crippen LogP contribution in [0.1, 0.15) is 73.2 Å². The van der Waals surface area contributed by atoms with Crippen LogP contribution in [-0.2, 0) is 32.6 Å². The van der Waals surface area contributed by atoms with Crippen molar-refractivity contribution in [3.63, 3.8) is 0 Å². The third-order valence-electron chi connectivity index (χ3n) is 9.97. The number of rotatable bonds is 6. The van der Waals surface area contributed by atoms with E-state index in [1.54, 1.807) is 18.5 Å². The number of hydrogen-bond acceptors (Lipinski definition) is 6. The lowest BCUT2D eigenvalue weighted by Crippen LogP contribution is -2.58. The van der Waals surface area contributed by atoms with Crippen molar-refractivity contribution in [1.29, 1.82) is 0 Å². The zero-order chi connectivity index (χ0) is 31.1. The molecule has 3 amide bonds. The molecule has 2 aliphatic carbocycles. The summed E-state index contributed by atoms with van der Waals surface area (Å²) in [5, 5.41) is 9.03. The lowest BCUT2D eigenvalue weighted by Gasteiger charge is -2.40. The van der Waals surface area contributed by atoms with Gasteiger partial charge in [-0.25, -0.2) is 18.7 Å². The lowest BCUT2D eigenvalue weighted by atomic mass is 9.79. The Morgan fingerprint density at radius 3 is 2.53 bits per heavy atom. The van der Waals surface area contributed by atoms with Crippen LogP contribution < -0.4 is 16.0 Å². The number of aromatic nitrogens is 2. The molecule has 3 atom stereocenters. The van der Waals surface area contributed by atoms with Crippen LogP contribution in [0.3, 0.4) is 0 Å². The minimum Gasteiger partial charge on any atom is -0.324 e. The number of piperazine rings is 1. The van der Waals surface area contributed by atoms with Crippen LogP contribution in [0.15, 0.2) is 48.8 Å². The highest BCUT2D eigenvalue weighted by Gasteiger charge is 2.51. The number of halogens is 2. The van der Waals surface area contributed by atoms with Crippen LogP contribution in [0.2, 0.25) is 0 Å². The fourth-order valence-electron chi connectivity index (χ4n) is 7.73. The maximum absolute atomic E-state index is 14.2. The number of fused-ring (bicyclic) bond motifs is 3. The van der Waals surface area contributed by atoms with E-state index in [-0.39, 0.29) is 24.9 Å². The summed E-state index contributed by atoms with van der Waals surface area (Å²) >= 11 is 0. The Bertz CT molecular complexity index is 1640. The molecule has 3 unspecified atom stereocenters. The molecule has 1 saturated heterocycles. The fourth-order valence-corrected chi connectivity index (χ4v) is 7.73. The van der Waals surface area contributed by atoms with E-state index in [1.807, 2.05) is 12.1 Å². The van der Waals surface area contributed by atoms with Gasteiger partial charge in [-0.05, 0) is 66.1 Å². The summed E-state index contributed by atoms with van der Waals surface area (Å²) in [6.07, 6.45) is 11.8. The van der Waals surface area contributed by atoms with Gasteiger partial charge in [-0.2, -0.15) is 0 Å². The Morgan fingerprint density at radius 1 is 1.00 bits per heavy atom. The molecule has 0 bridgehead atoms. The Kier molecular flexibility index (Phi) is 7.81. The highest BCUT2D eigenvalue weighted by Crippen LogP contribution is 2.46. The summed E-state index contributed by atoms with van der Waals surface area (Å²) in [5.41, 5.74) is 2.21. The van der Waals surface area contributed by atoms with Crippen molar-refractivity contribution < 1.29 is 23.2 Å². The van der Waals surface area contributed by atoms with E-state index in [0.29, 0.717) is 42.4 Å². The quantitative estimate of drug-likeness (QED) is 0.350. The fraction of sp³-hybridized carbons (Fsp3) is 0.441. The molecule has 1 saturated carbocycles. The number of benzene rings is 1. The van der Waals surface area contributed by atoms with Crippen LogP contribution in [0.4, 0.5) is 20.4 Å². The van der Waals surface area contributed by atoms with Crippen molar-refractivity contribution >= 4 is 29.4 Å². The number of carbonyl (C=O) groups is 3. The number of amides is 3. The van der Waals surface area contributed by atoms with Crippen molar-refractivity contribution in [2.24, 2.45) is 5.92 Å². The van der Waals surface area contributed by atoms with Gasteiger partial charge >= 0.3 is 0 Å². The predicted molar refractivity (Wildman–Crippen MR) is 163 cm³/mol. The van der Waals surface area contributed by atoms with Gasteiger partial charge in [0.05, 0.1) is 17.5 Å². The van der Waals surface area contributed by atoms with Crippen molar-refractivity contribution in [3.05, 3.63) is 82.7 Å². The Balaban J connectivity index is 1.09. The molecule has 1 aromatic carbocycles. The second-order valence-corrected chi connectivity index (χ2v) is 12.9. The Hall–Kier alpha value is -4.25. The lowest BCUT2D eigenvalue weighted by molar-refractivity contribution is -0.142. The molecule has 7 rings (SSSR count). The normalized spacial score (nSPS) is 24.7. The summed E-state index contributed by atoms with van der Waals surface area (Å²) in [6.45, 7) is -0.0223. The summed E-state index contributed by atoms with van der Waals surface area (Å²) in [4.78, 5) is 50.6. The first-order valence-electron chi connectivity index (χ1n) is 15.8. The Labute approximate surface area is 260 Å². The molecular formula is C34H36F2N6O3. The van der Waals surface area contributed by atoms with Crippen LogP contribution in [0, 0.1) is 17.6 Å². The first-order chi connectivity index (χ1) is 21.8. The van der Waals surface area contributed by atoms with Gasteiger partial charge in [-0.15, -0.1) is 0 Å².